The first-order valence-corrected chi connectivity index (χ1v) is 13.7. The molecule has 0 fully saturated rings. The fraction of sp³-hybridized carbons (Fsp3) is 0. The number of phenolic OH excluding ortho intramolecular Hbond substituents is 2. The molecule has 6 nitrogen and oxygen atoms in total. The molecule has 44 heavy (non-hydrogen) atoms. The number of anilines is 2. The summed E-state index contributed by atoms with van der Waals surface area (Å²) < 4.78 is 12.7. The number of aromatic hydroxyl groups is 2. The number of nitrogens with two attached hydrogens (primary N) is 2. The minimum absolute atomic E-state index is 0.0857. The Kier molecular flexibility index (Phi) is 7.65. The van der Waals surface area contributed by atoms with Crippen molar-refractivity contribution in [1.82, 2.24) is 0 Å². The van der Waals surface area contributed by atoms with E-state index in [1.54, 1.807) is 24.3 Å². The summed E-state index contributed by atoms with van der Waals surface area (Å²) in [5.41, 5.74) is 15.1. The van der Waals surface area contributed by atoms with E-state index in [0.717, 1.165) is 11.1 Å². The van der Waals surface area contributed by atoms with E-state index in [1.165, 1.54) is 12.1 Å². The maximum absolute atomic E-state index is 10.3. The molecule has 0 spiro atoms. The maximum atomic E-state index is 10.3. The highest BCUT2D eigenvalue weighted by molar-refractivity contribution is 5.96. The van der Waals surface area contributed by atoms with Crippen LogP contribution in [0.2, 0.25) is 0 Å². The topological polar surface area (TPSA) is 111 Å². The summed E-state index contributed by atoms with van der Waals surface area (Å²) in [6.45, 7) is 0. The van der Waals surface area contributed by atoms with E-state index in [2.05, 4.69) is 23.7 Å². The van der Waals surface area contributed by atoms with E-state index in [1.807, 2.05) is 84.9 Å². The van der Waals surface area contributed by atoms with E-state index in [9.17, 15) is 10.2 Å². The second-order valence-electron chi connectivity index (χ2n) is 9.89. The van der Waals surface area contributed by atoms with Gasteiger partial charge in [0, 0.05) is 39.6 Å². The average Bonchev–Trinajstić information content (AvgIpc) is 3.04. The molecule has 0 radical (unpaired) electrons. The number of fused-ring (bicyclic) bond motifs is 1. The lowest BCUT2D eigenvalue weighted by atomic mass is 10.0. The van der Waals surface area contributed by atoms with Crippen molar-refractivity contribution in [2.45, 2.75) is 0 Å². The van der Waals surface area contributed by atoms with Gasteiger partial charge in [0.1, 0.15) is 28.7 Å². The predicted octanol–water partition coefficient (Wildman–Crippen LogP) is 7.80. The molecule has 6 rings (SSSR count). The molecule has 0 saturated carbocycles. The quantitative estimate of drug-likeness (QED) is 0.0971. The summed E-state index contributed by atoms with van der Waals surface area (Å²) in [6, 6.07) is 36.2. The first kappa shape index (κ1) is 27.7. The van der Waals surface area contributed by atoms with Crippen molar-refractivity contribution in [2.24, 2.45) is 0 Å². The molecule has 0 atom stereocenters. The molecule has 0 heterocycles. The van der Waals surface area contributed by atoms with Gasteiger partial charge in [0.25, 0.3) is 0 Å². The third kappa shape index (κ3) is 6.21. The molecule has 0 aliphatic heterocycles. The van der Waals surface area contributed by atoms with Crippen molar-refractivity contribution in [1.29, 1.82) is 0 Å². The summed E-state index contributed by atoms with van der Waals surface area (Å²) in [7, 11) is 0. The Hall–Kier alpha value is -6.50. The van der Waals surface area contributed by atoms with Gasteiger partial charge in [-0.2, -0.15) is 0 Å². The predicted molar refractivity (Wildman–Crippen MR) is 174 cm³/mol. The third-order valence-electron chi connectivity index (χ3n) is 6.74. The van der Waals surface area contributed by atoms with E-state index < -0.39 is 0 Å². The average molecular weight is 575 g/mol. The van der Waals surface area contributed by atoms with Crippen molar-refractivity contribution in [3.63, 3.8) is 0 Å². The van der Waals surface area contributed by atoms with Gasteiger partial charge in [-0.1, -0.05) is 60.1 Å². The van der Waals surface area contributed by atoms with E-state index >= 15 is 0 Å². The molecule has 0 bridgehead atoms. The van der Waals surface area contributed by atoms with Gasteiger partial charge in [-0.3, -0.25) is 0 Å². The lowest BCUT2D eigenvalue weighted by Gasteiger charge is -2.16. The van der Waals surface area contributed by atoms with Gasteiger partial charge >= 0.3 is 0 Å². The molecular formula is C38H26N2O4. The van der Waals surface area contributed by atoms with Crippen LogP contribution in [0.1, 0.15) is 22.3 Å². The fourth-order valence-electron chi connectivity index (χ4n) is 4.48. The van der Waals surface area contributed by atoms with Crippen LogP contribution in [0.3, 0.4) is 0 Å². The van der Waals surface area contributed by atoms with Crippen LogP contribution in [0.15, 0.2) is 121 Å². The molecule has 0 aromatic heterocycles. The number of benzene rings is 6. The zero-order chi connectivity index (χ0) is 30.5. The molecule has 0 amide bonds. The normalized spacial score (nSPS) is 10.3. The standard InChI is InChI=1S/C38H26N2O4/c39-33-19-16-29(23-35(33)41)43-37-22-27(12-11-25-7-3-1-4-8-25)21-32-31(37)18-15-28(14-13-26-9-5-2-6-10-26)38(32)44-30-17-20-34(40)36(42)24-30/h1-10,15-24,41-42H,39-40H2. The van der Waals surface area contributed by atoms with Gasteiger partial charge < -0.3 is 31.2 Å². The summed E-state index contributed by atoms with van der Waals surface area (Å²) in [4.78, 5) is 0. The van der Waals surface area contributed by atoms with Crippen LogP contribution in [-0.4, -0.2) is 10.2 Å². The van der Waals surface area contributed by atoms with Gasteiger partial charge in [-0.25, -0.2) is 0 Å². The molecule has 0 aliphatic rings. The number of nitrogen functional groups attached to an aromatic ring is 2. The molecule has 6 N–H and O–H groups in total. The van der Waals surface area contributed by atoms with Crippen LogP contribution in [0.4, 0.5) is 11.4 Å². The lowest BCUT2D eigenvalue weighted by molar-refractivity contribution is 0.456. The zero-order valence-corrected chi connectivity index (χ0v) is 23.4. The van der Waals surface area contributed by atoms with Gasteiger partial charge in [-0.05, 0) is 72.8 Å². The van der Waals surface area contributed by atoms with E-state index in [-0.39, 0.29) is 22.9 Å². The second kappa shape index (κ2) is 12.2. The zero-order valence-electron chi connectivity index (χ0n) is 23.4. The third-order valence-corrected chi connectivity index (χ3v) is 6.74. The lowest BCUT2D eigenvalue weighted by Crippen LogP contribution is -1.95. The number of hydrogen-bond acceptors (Lipinski definition) is 6. The molecule has 0 aliphatic carbocycles. The van der Waals surface area contributed by atoms with Crippen LogP contribution in [0.25, 0.3) is 10.8 Å². The number of hydrogen-bond donors (Lipinski definition) is 4. The van der Waals surface area contributed by atoms with Gasteiger partial charge in [0.05, 0.1) is 16.9 Å². The Morgan fingerprint density at radius 1 is 0.477 bits per heavy atom. The largest absolute Gasteiger partial charge is 0.506 e. The Balaban J connectivity index is 1.56. The Morgan fingerprint density at radius 3 is 1.61 bits per heavy atom. The van der Waals surface area contributed by atoms with Crippen molar-refractivity contribution < 1.29 is 19.7 Å². The van der Waals surface area contributed by atoms with Crippen molar-refractivity contribution in [3.05, 3.63) is 144 Å². The molecular weight excluding hydrogens is 548 g/mol. The summed E-state index contributed by atoms with van der Waals surface area (Å²) in [6.07, 6.45) is 0. The van der Waals surface area contributed by atoms with Gasteiger partial charge in [0.15, 0.2) is 5.75 Å². The van der Waals surface area contributed by atoms with Crippen molar-refractivity contribution in [2.75, 3.05) is 11.5 Å². The molecule has 212 valence electrons. The van der Waals surface area contributed by atoms with Crippen molar-refractivity contribution >= 4 is 22.1 Å². The highest BCUT2D eigenvalue weighted by atomic mass is 16.5. The van der Waals surface area contributed by atoms with Crippen molar-refractivity contribution in [3.8, 4) is 58.2 Å². The van der Waals surface area contributed by atoms with Crippen LogP contribution in [0.5, 0.6) is 34.5 Å². The van der Waals surface area contributed by atoms with Gasteiger partial charge in [-0.15, -0.1) is 0 Å². The Labute approximate surface area is 254 Å². The summed E-state index contributed by atoms with van der Waals surface area (Å²) in [5.74, 6) is 14.4. The molecule has 6 aromatic carbocycles. The van der Waals surface area contributed by atoms with E-state index in [4.69, 9.17) is 20.9 Å². The van der Waals surface area contributed by atoms with E-state index in [0.29, 0.717) is 44.9 Å². The molecule has 6 heteroatoms. The van der Waals surface area contributed by atoms with Gasteiger partial charge in [0.2, 0.25) is 0 Å². The van der Waals surface area contributed by atoms with Crippen LogP contribution >= 0.6 is 0 Å². The minimum atomic E-state index is -0.0961. The highest BCUT2D eigenvalue weighted by Gasteiger charge is 2.16. The first-order valence-electron chi connectivity index (χ1n) is 13.7. The monoisotopic (exact) mass is 574 g/mol. The molecule has 0 unspecified atom stereocenters. The number of phenols is 2. The summed E-state index contributed by atoms with van der Waals surface area (Å²) in [5, 5.41) is 21.9. The highest BCUT2D eigenvalue weighted by Crippen LogP contribution is 2.41. The fourth-order valence-corrected chi connectivity index (χ4v) is 4.48. The maximum Gasteiger partial charge on any atom is 0.151 e. The SMILES string of the molecule is Nc1ccc(Oc2cc(C#Cc3ccccc3)cc3c(Oc4ccc(N)c(O)c4)c(C#Cc4ccccc4)ccc23)cc1O. The second-order valence-corrected chi connectivity index (χ2v) is 9.89. The number of ether oxygens (including phenoxy) is 2. The van der Waals surface area contributed by atoms with Crippen LogP contribution < -0.4 is 20.9 Å². The first-order chi connectivity index (χ1) is 21.4. The summed E-state index contributed by atoms with van der Waals surface area (Å²) >= 11 is 0. The minimum Gasteiger partial charge on any atom is -0.506 e. The molecule has 0 saturated heterocycles. The molecule has 6 aromatic rings. The van der Waals surface area contributed by atoms with Crippen LogP contribution in [0, 0.1) is 23.7 Å². The Bertz CT molecular complexity index is 2120. The number of rotatable bonds is 4. The Morgan fingerprint density at radius 2 is 1.02 bits per heavy atom. The van der Waals surface area contributed by atoms with Crippen LogP contribution in [-0.2, 0) is 0 Å². The smallest absolute Gasteiger partial charge is 0.151 e.